The highest BCUT2D eigenvalue weighted by molar-refractivity contribution is 5.84. The van der Waals surface area contributed by atoms with Gasteiger partial charge in [0.2, 0.25) is 0 Å². The van der Waals surface area contributed by atoms with Gasteiger partial charge < -0.3 is 19.4 Å². The fraction of sp³-hybridized carbons (Fsp3) is 0.444. The standard InChI is InChI=1S/C18H21N5O2/c1-2-12-6-15-17(16(7-12)23-5-3-4-19-23)25-18(21-15)22-8-13-10-24-11-14(9-22)20-13/h3-7,13-14,20H,2,8-11H2,1H3. The highest BCUT2D eigenvalue weighted by atomic mass is 16.5. The number of piperazine rings is 1. The van der Waals surface area contributed by atoms with Gasteiger partial charge in [-0.2, -0.15) is 10.1 Å². The van der Waals surface area contributed by atoms with E-state index >= 15 is 0 Å². The molecule has 2 aromatic heterocycles. The molecule has 25 heavy (non-hydrogen) atoms. The average molecular weight is 339 g/mol. The topological polar surface area (TPSA) is 68.4 Å². The normalized spacial score (nSPS) is 23.3. The van der Waals surface area contributed by atoms with Crippen molar-refractivity contribution in [2.45, 2.75) is 25.4 Å². The molecule has 4 heterocycles. The predicted octanol–water partition coefficient (Wildman–Crippen LogP) is 1.75. The maximum Gasteiger partial charge on any atom is 0.298 e. The van der Waals surface area contributed by atoms with Crippen molar-refractivity contribution in [1.29, 1.82) is 0 Å². The number of oxazole rings is 1. The molecule has 2 bridgehead atoms. The Kier molecular flexibility index (Phi) is 3.50. The molecule has 0 spiro atoms. The monoisotopic (exact) mass is 339 g/mol. The van der Waals surface area contributed by atoms with Crippen LogP contribution in [0.1, 0.15) is 12.5 Å². The lowest BCUT2D eigenvalue weighted by atomic mass is 10.1. The fourth-order valence-corrected chi connectivity index (χ4v) is 3.74. The Morgan fingerprint density at radius 2 is 2.08 bits per heavy atom. The number of nitrogens with one attached hydrogen (secondary N) is 1. The van der Waals surface area contributed by atoms with Gasteiger partial charge in [0.15, 0.2) is 5.58 Å². The van der Waals surface area contributed by atoms with Crippen molar-refractivity contribution < 1.29 is 9.15 Å². The predicted molar refractivity (Wildman–Crippen MR) is 94.3 cm³/mol. The number of morpholine rings is 1. The molecule has 7 heteroatoms. The molecule has 1 aromatic carbocycles. The lowest BCUT2D eigenvalue weighted by Crippen LogP contribution is -2.63. The van der Waals surface area contributed by atoms with Crippen molar-refractivity contribution in [2.24, 2.45) is 0 Å². The third-order valence-electron chi connectivity index (χ3n) is 4.94. The van der Waals surface area contributed by atoms with Crippen molar-refractivity contribution >= 4 is 17.1 Å². The first-order valence-corrected chi connectivity index (χ1v) is 8.82. The van der Waals surface area contributed by atoms with Gasteiger partial charge in [0.25, 0.3) is 6.01 Å². The summed E-state index contributed by atoms with van der Waals surface area (Å²) in [5.74, 6) is 0. The van der Waals surface area contributed by atoms with Gasteiger partial charge in [-0.05, 0) is 30.2 Å². The van der Waals surface area contributed by atoms with Crippen LogP contribution in [-0.4, -0.2) is 53.2 Å². The largest absolute Gasteiger partial charge is 0.421 e. The average Bonchev–Trinajstić information content (AvgIpc) is 3.30. The van der Waals surface area contributed by atoms with Crippen molar-refractivity contribution in [3.8, 4) is 5.69 Å². The number of nitrogens with zero attached hydrogens (tertiary/aromatic N) is 4. The van der Waals surface area contributed by atoms with Crippen molar-refractivity contribution in [3.63, 3.8) is 0 Å². The third kappa shape index (κ3) is 2.60. The summed E-state index contributed by atoms with van der Waals surface area (Å²) in [7, 11) is 0. The minimum Gasteiger partial charge on any atom is -0.421 e. The highest BCUT2D eigenvalue weighted by Crippen LogP contribution is 2.30. The van der Waals surface area contributed by atoms with Gasteiger partial charge in [-0.25, -0.2) is 4.68 Å². The Bertz CT molecular complexity index is 876. The fourth-order valence-electron chi connectivity index (χ4n) is 3.74. The second-order valence-electron chi connectivity index (χ2n) is 6.77. The van der Waals surface area contributed by atoms with E-state index in [9.17, 15) is 0 Å². The number of ether oxygens (including phenoxy) is 1. The Morgan fingerprint density at radius 3 is 2.80 bits per heavy atom. The van der Waals surface area contributed by atoms with Gasteiger partial charge in [0.1, 0.15) is 11.2 Å². The molecule has 5 rings (SSSR count). The molecule has 2 atom stereocenters. The summed E-state index contributed by atoms with van der Waals surface area (Å²) in [5, 5.41) is 7.96. The van der Waals surface area contributed by atoms with E-state index < -0.39 is 0 Å². The van der Waals surface area contributed by atoms with Gasteiger partial charge >= 0.3 is 0 Å². The molecule has 1 N–H and O–H groups in total. The first kappa shape index (κ1) is 14.9. The zero-order valence-electron chi connectivity index (χ0n) is 14.2. The van der Waals surface area contributed by atoms with E-state index in [1.165, 1.54) is 5.56 Å². The van der Waals surface area contributed by atoms with Crippen LogP contribution in [0.3, 0.4) is 0 Å². The minimum absolute atomic E-state index is 0.333. The molecular formula is C18H21N5O2. The zero-order valence-corrected chi connectivity index (χ0v) is 14.2. The van der Waals surface area contributed by atoms with E-state index in [1.807, 2.05) is 16.9 Å². The first-order chi connectivity index (χ1) is 12.3. The Labute approximate surface area is 145 Å². The lowest BCUT2D eigenvalue weighted by Gasteiger charge is -2.41. The summed E-state index contributed by atoms with van der Waals surface area (Å²) >= 11 is 0. The number of rotatable bonds is 3. The van der Waals surface area contributed by atoms with E-state index in [0.717, 1.165) is 49.5 Å². The quantitative estimate of drug-likeness (QED) is 0.784. The summed E-state index contributed by atoms with van der Waals surface area (Å²) in [5.41, 5.74) is 3.84. The second kappa shape index (κ2) is 5.86. The zero-order chi connectivity index (χ0) is 16.8. The smallest absolute Gasteiger partial charge is 0.298 e. The SMILES string of the molecule is CCc1cc(-n2cccn2)c2oc(N3CC4COCC(C3)N4)nc2c1. The Hall–Kier alpha value is -2.38. The Balaban J connectivity index is 1.58. The molecule has 0 amide bonds. The van der Waals surface area contributed by atoms with Crippen LogP contribution < -0.4 is 10.2 Å². The highest BCUT2D eigenvalue weighted by Gasteiger charge is 2.32. The summed E-state index contributed by atoms with van der Waals surface area (Å²) in [4.78, 5) is 7.02. The maximum absolute atomic E-state index is 6.21. The number of hydrogen-bond donors (Lipinski definition) is 1. The van der Waals surface area contributed by atoms with E-state index in [0.29, 0.717) is 18.1 Å². The summed E-state index contributed by atoms with van der Waals surface area (Å²) in [6.07, 6.45) is 4.66. The number of aryl methyl sites for hydroxylation is 1. The third-order valence-corrected chi connectivity index (χ3v) is 4.94. The van der Waals surface area contributed by atoms with Crippen LogP contribution >= 0.6 is 0 Å². The molecule has 2 aliphatic rings. The molecule has 7 nitrogen and oxygen atoms in total. The molecule has 2 saturated heterocycles. The summed E-state index contributed by atoms with van der Waals surface area (Å²) < 4.78 is 13.7. The van der Waals surface area contributed by atoms with E-state index in [4.69, 9.17) is 14.1 Å². The minimum atomic E-state index is 0.333. The number of anilines is 1. The number of fused-ring (bicyclic) bond motifs is 3. The molecule has 2 fully saturated rings. The number of aromatic nitrogens is 3. The molecule has 130 valence electrons. The van der Waals surface area contributed by atoms with Crippen LogP contribution in [0.15, 0.2) is 35.0 Å². The molecule has 2 aliphatic heterocycles. The molecule has 0 saturated carbocycles. The maximum atomic E-state index is 6.21. The van der Waals surface area contributed by atoms with Gasteiger partial charge in [-0.15, -0.1) is 0 Å². The lowest BCUT2D eigenvalue weighted by molar-refractivity contribution is 0.0367. The van der Waals surface area contributed by atoms with Gasteiger partial charge in [0.05, 0.1) is 13.2 Å². The van der Waals surface area contributed by atoms with Crippen molar-refractivity contribution in [2.75, 3.05) is 31.2 Å². The van der Waals surface area contributed by atoms with E-state index in [2.05, 4.69) is 34.4 Å². The van der Waals surface area contributed by atoms with Crippen LogP contribution in [0.25, 0.3) is 16.8 Å². The molecule has 0 aliphatic carbocycles. The van der Waals surface area contributed by atoms with E-state index in [-0.39, 0.29) is 0 Å². The molecule has 0 radical (unpaired) electrons. The van der Waals surface area contributed by atoms with Crippen molar-refractivity contribution in [1.82, 2.24) is 20.1 Å². The molecular weight excluding hydrogens is 318 g/mol. The van der Waals surface area contributed by atoms with Crippen molar-refractivity contribution in [3.05, 3.63) is 36.2 Å². The molecule has 2 unspecified atom stereocenters. The van der Waals surface area contributed by atoms with Crippen LogP contribution in [0.4, 0.5) is 6.01 Å². The van der Waals surface area contributed by atoms with Gasteiger partial charge in [0, 0.05) is 37.6 Å². The molecule has 3 aromatic rings. The van der Waals surface area contributed by atoms with Gasteiger partial charge in [-0.3, -0.25) is 0 Å². The van der Waals surface area contributed by atoms with Crippen LogP contribution in [0, 0.1) is 0 Å². The number of benzene rings is 1. The Morgan fingerprint density at radius 1 is 1.24 bits per heavy atom. The summed E-state index contributed by atoms with van der Waals surface area (Å²) in [6, 6.07) is 7.51. The van der Waals surface area contributed by atoms with E-state index in [1.54, 1.807) is 6.20 Å². The van der Waals surface area contributed by atoms with Crippen LogP contribution in [0.5, 0.6) is 0 Å². The van der Waals surface area contributed by atoms with Crippen LogP contribution in [0.2, 0.25) is 0 Å². The van der Waals surface area contributed by atoms with Gasteiger partial charge in [-0.1, -0.05) is 6.92 Å². The second-order valence-corrected chi connectivity index (χ2v) is 6.77. The first-order valence-electron chi connectivity index (χ1n) is 8.82. The number of hydrogen-bond acceptors (Lipinski definition) is 6. The van der Waals surface area contributed by atoms with Crippen LogP contribution in [-0.2, 0) is 11.2 Å². The summed E-state index contributed by atoms with van der Waals surface area (Å²) in [6.45, 7) is 5.33.